The number of hydrogen-bond acceptors (Lipinski definition) is 2. The van der Waals surface area contributed by atoms with Gasteiger partial charge in [-0.05, 0) is 12.8 Å². The van der Waals surface area contributed by atoms with Crippen LogP contribution in [0.25, 0.3) is 0 Å². The second kappa shape index (κ2) is 8.79. The average molecular weight is 237 g/mol. The van der Waals surface area contributed by atoms with E-state index in [0.717, 1.165) is 25.9 Å². The first kappa shape index (κ1) is 13.7. The van der Waals surface area contributed by atoms with Crippen molar-refractivity contribution >= 4 is 5.91 Å². The summed E-state index contributed by atoms with van der Waals surface area (Å²) in [5.74, 6) is 0.187. The molecule has 0 aromatic carbocycles. The lowest BCUT2D eigenvalue weighted by atomic mass is 10.1. The summed E-state index contributed by atoms with van der Waals surface area (Å²) in [5, 5.41) is 2.95. The number of amides is 1. The maximum absolute atomic E-state index is 11.4. The first-order valence-corrected chi connectivity index (χ1v) is 6.55. The van der Waals surface area contributed by atoms with Crippen molar-refractivity contribution < 1.29 is 4.79 Å². The summed E-state index contributed by atoms with van der Waals surface area (Å²) in [5.41, 5.74) is 0. The highest BCUT2D eigenvalue weighted by molar-refractivity contribution is 5.75. The molecule has 1 rings (SSSR count). The van der Waals surface area contributed by atoms with Crippen LogP contribution in [0.5, 0.6) is 0 Å². The van der Waals surface area contributed by atoms with Gasteiger partial charge in [-0.25, -0.2) is 4.98 Å². The number of carbonyl (C=O) groups excluding carboxylic acids is 1. The molecule has 0 bridgehead atoms. The zero-order valence-corrected chi connectivity index (χ0v) is 10.7. The summed E-state index contributed by atoms with van der Waals surface area (Å²) in [7, 11) is 0. The minimum absolute atomic E-state index is 0.187. The summed E-state index contributed by atoms with van der Waals surface area (Å²) in [6.07, 6.45) is 11.8. The molecule has 1 N–H and O–H groups in total. The fourth-order valence-electron chi connectivity index (χ4n) is 1.71. The Morgan fingerprint density at radius 2 is 2.18 bits per heavy atom. The second-order valence-corrected chi connectivity index (χ2v) is 4.31. The highest BCUT2D eigenvalue weighted by Gasteiger charge is 1.99. The minimum Gasteiger partial charge on any atom is -0.356 e. The SMILES string of the molecule is CCCCCCC(=O)NCCCn1ccnc1. The first-order valence-electron chi connectivity index (χ1n) is 6.55. The number of aromatic nitrogens is 2. The van der Waals surface area contributed by atoms with Gasteiger partial charge in [0.2, 0.25) is 5.91 Å². The molecule has 0 saturated carbocycles. The first-order chi connectivity index (χ1) is 8.33. The third kappa shape index (κ3) is 6.76. The van der Waals surface area contributed by atoms with E-state index in [1.54, 1.807) is 12.5 Å². The third-order valence-corrected chi connectivity index (χ3v) is 2.73. The second-order valence-electron chi connectivity index (χ2n) is 4.31. The summed E-state index contributed by atoms with van der Waals surface area (Å²) < 4.78 is 2.02. The summed E-state index contributed by atoms with van der Waals surface area (Å²) in [4.78, 5) is 15.4. The van der Waals surface area contributed by atoms with Crippen molar-refractivity contribution in [1.29, 1.82) is 0 Å². The van der Waals surface area contributed by atoms with E-state index in [4.69, 9.17) is 0 Å². The highest BCUT2D eigenvalue weighted by Crippen LogP contribution is 2.01. The van der Waals surface area contributed by atoms with Crippen molar-refractivity contribution in [2.75, 3.05) is 6.54 Å². The lowest BCUT2D eigenvalue weighted by molar-refractivity contribution is -0.121. The van der Waals surface area contributed by atoms with Crippen molar-refractivity contribution in [2.45, 2.75) is 52.0 Å². The maximum Gasteiger partial charge on any atom is 0.219 e. The molecule has 0 spiro atoms. The van der Waals surface area contributed by atoms with E-state index in [0.29, 0.717) is 6.42 Å². The molecule has 0 unspecified atom stereocenters. The number of imidazole rings is 1. The van der Waals surface area contributed by atoms with Crippen molar-refractivity contribution in [3.05, 3.63) is 18.7 Å². The summed E-state index contributed by atoms with van der Waals surface area (Å²) in [6.45, 7) is 3.84. The molecule has 4 nitrogen and oxygen atoms in total. The zero-order chi connectivity index (χ0) is 12.3. The number of unbranched alkanes of at least 4 members (excludes halogenated alkanes) is 3. The standard InChI is InChI=1S/C13H23N3O/c1-2-3-4-5-7-13(17)15-8-6-10-16-11-9-14-12-16/h9,11-12H,2-8,10H2,1H3,(H,15,17). The van der Waals surface area contributed by atoms with Crippen LogP contribution >= 0.6 is 0 Å². The van der Waals surface area contributed by atoms with Crippen molar-refractivity contribution in [2.24, 2.45) is 0 Å². The Morgan fingerprint density at radius 3 is 2.88 bits per heavy atom. The molecule has 0 fully saturated rings. The molecule has 1 aromatic heterocycles. The van der Waals surface area contributed by atoms with Crippen molar-refractivity contribution in [1.82, 2.24) is 14.9 Å². The zero-order valence-electron chi connectivity index (χ0n) is 10.7. The molecule has 0 atom stereocenters. The van der Waals surface area contributed by atoms with Crippen molar-refractivity contribution in [3.8, 4) is 0 Å². The fourth-order valence-corrected chi connectivity index (χ4v) is 1.71. The van der Waals surface area contributed by atoms with Crippen LogP contribution in [0.15, 0.2) is 18.7 Å². The molecule has 4 heteroatoms. The van der Waals surface area contributed by atoms with Gasteiger partial charge in [-0.1, -0.05) is 26.2 Å². The van der Waals surface area contributed by atoms with Gasteiger partial charge in [0.05, 0.1) is 6.33 Å². The Balaban J connectivity index is 1.93. The van der Waals surface area contributed by atoms with Gasteiger partial charge in [0.15, 0.2) is 0 Å². The van der Waals surface area contributed by atoms with E-state index in [1.165, 1.54) is 19.3 Å². The molecule has 1 amide bonds. The molecule has 17 heavy (non-hydrogen) atoms. The van der Waals surface area contributed by atoms with Crippen LogP contribution in [0.1, 0.15) is 45.4 Å². The third-order valence-electron chi connectivity index (χ3n) is 2.73. The Hall–Kier alpha value is -1.32. The monoisotopic (exact) mass is 237 g/mol. The number of rotatable bonds is 9. The predicted octanol–water partition coefficient (Wildman–Crippen LogP) is 2.36. The molecule has 96 valence electrons. The molecular formula is C13H23N3O. The lowest BCUT2D eigenvalue weighted by Gasteiger charge is -2.05. The Morgan fingerprint density at radius 1 is 1.29 bits per heavy atom. The summed E-state index contributed by atoms with van der Waals surface area (Å²) >= 11 is 0. The van der Waals surface area contributed by atoms with Gasteiger partial charge in [-0.2, -0.15) is 0 Å². The minimum atomic E-state index is 0.187. The van der Waals surface area contributed by atoms with Crippen LogP contribution < -0.4 is 5.32 Å². The van der Waals surface area contributed by atoms with Gasteiger partial charge in [-0.3, -0.25) is 4.79 Å². The topological polar surface area (TPSA) is 46.9 Å². The molecule has 0 radical (unpaired) electrons. The van der Waals surface area contributed by atoms with E-state index >= 15 is 0 Å². The molecular weight excluding hydrogens is 214 g/mol. The van der Waals surface area contributed by atoms with Gasteiger partial charge < -0.3 is 9.88 Å². The number of carbonyl (C=O) groups is 1. The number of nitrogens with one attached hydrogen (secondary N) is 1. The summed E-state index contributed by atoms with van der Waals surface area (Å²) in [6, 6.07) is 0. The fraction of sp³-hybridized carbons (Fsp3) is 0.692. The van der Waals surface area contributed by atoms with Crippen LogP contribution in [-0.2, 0) is 11.3 Å². The highest BCUT2D eigenvalue weighted by atomic mass is 16.1. The van der Waals surface area contributed by atoms with Crippen LogP contribution in [0.3, 0.4) is 0 Å². The van der Waals surface area contributed by atoms with Crippen LogP contribution in [-0.4, -0.2) is 22.0 Å². The Labute approximate surface area is 103 Å². The van der Waals surface area contributed by atoms with Gasteiger partial charge >= 0.3 is 0 Å². The van der Waals surface area contributed by atoms with Gasteiger partial charge in [0.1, 0.15) is 0 Å². The molecule has 1 heterocycles. The van der Waals surface area contributed by atoms with Gasteiger partial charge in [0.25, 0.3) is 0 Å². The largest absolute Gasteiger partial charge is 0.356 e. The Bertz CT molecular complexity index is 296. The average Bonchev–Trinajstić information content (AvgIpc) is 2.83. The number of aryl methyl sites for hydroxylation is 1. The molecule has 0 aliphatic rings. The van der Waals surface area contributed by atoms with Crippen molar-refractivity contribution in [3.63, 3.8) is 0 Å². The number of hydrogen-bond donors (Lipinski definition) is 1. The molecule has 0 aliphatic carbocycles. The van der Waals surface area contributed by atoms with Gasteiger partial charge in [-0.15, -0.1) is 0 Å². The molecule has 1 aromatic rings. The van der Waals surface area contributed by atoms with E-state index in [-0.39, 0.29) is 5.91 Å². The lowest BCUT2D eigenvalue weighted by Crippen LogP contribution is -2.24. The van der Waals surface area contributed by atoms with Crippen LogP contribution in [0.4, 0.5) is 0 Å². The molecule has 0 saturated heterocycles. The van der Waals surface area contributed by atoms with E-state index < -0.39 is 0 Å². The smallest absolute Gasteiger partial charge is 0.219 e. The quantitative estimate of drug-likeness (QED) is 0.670. The van der Waals surface area contributed by atoms with Crippen LogP contribution in [0, 0.1) is 0 Å². The van der Waals surface area contributed by atoms with E-state index in [9.17, 15) is 4.79 Å². The van der Waals surface area contributed by atoms with Gasteiger partial charge in [0, 0.05) is 31.9 Å². The van der Waals surface area contributed by atoms with E-state index in [2.05, 4.69) is 17.2 Å². The molecule has 0 aliphatic heterocycles. The maximum atomic E-state index is 11.4. The Kier molecular flexibility index (Phi) is 7.11. The number of nitrogens with zero attached hydrogens (tertiary/aromatic N) is 2. The van der Waals surface area contributed by atoms with E-state index in [1.807, 2.05) is 10.8 Å². The normalized spacial score (nSPS) is 10.4. The predicted molar refractivity (Wildman–Crippen MR) is 68.6 cm³/mol. The van der Waals surface area contributed by atoms with Crippen LogP contribution in [0.2, 0.25) is 0 Å².